The van der Waals surface area contributed by atoms with E-state index in [-0.39, 0.29) is 11.9 Å². The molecule has 1 aliphatic heterocycles. The van der Waals surface area contributed by atoms with E-state index in [0.717, 1.165) is 16.2 Å². The fourth-order valence-electron chi connectivity index (χ4n) is 2.83. The molecule has 1 amide bonds. The van der Waals surface area contributed by atoms with Crippen LogP contribution >= 0.6 is 22.9 Å². The monoisotopic (exact) mass is 401 g/mol. The Bertz CT molecular complexity index is 942. The van der Waals surface area contributed by atoms with E-state index in [2.05, 4.69) is 20.6 Å². The summed E-state index contributed by atoms with van der Waals surface area (Å²) < 4.78 is 2.36. The van der Waals surface area contributed by atoms with E-state index in [1.807, 2.05) is 36.4 Å². The molecule has 0 saturated heterocycles. The molecule has 0 bridgehead atoms. The van der Waals surface area contributed by atoms with Crippen molar-refractivity contribution in [3.63, 3.8) is 0 Å². The van der Waals surface area contributed by atoms with Crippen molar-refractivity contribution in [1.29, 1.82) is 0 Å². The number of nitrogens with zero attached hydrogens (tertiary/aromatic N) is 4. The number of aromatic nitrogens is 3. The van der Waals surface area contributed by atoms with Gasteiger partial charge in [-0.3, -0.25) is 9.48 Å². The number of nitrogens with one attached hydrogen (secondary N) is 1. The Labute approximate surface area is 164 Å². The maximum absolute atomic E-state index is 12.8. The predicted molar refractivity (Wildman–Crippen MR) is 103 cm³/mol. The standard InChI is InChI=1S/C18H16ClN5O2S/c19-17-7-6-16(27-17)13-8-15(26-23-13)18(25)22-14(9-24-11-20-10-21-24)12-4-2-1-3-5-12/h1-7,10-11,14-15H,8-9H2,(H,22,25). The Morgan fingerprint density at radius 3 is 2.89 bits per heavy atom. The Kier molecular flexibility index (Phi) is 5.17. The topological polar surface area (TPSA) is 81.4 Å². The molecule has 27 heavy (non-hydrogen) atoms. The third-order valence-electron chi connectivity index (χ3n) is 4.17. The Morgan fingerprint density at radius 2 is 2.19 bits per heavy atom. The van der Waals surface area contributed by atoms with Crippen molar-refractivity contribution in [1.82, 2.24) is 20.1 Å². The van der Waals surface area contributed by atoms with Gasteiger partial charge in [-0.2, -0.15) is 5.10 Å². The quantitative estimate of drug-likeness (QED) is 0.688. The zero-order valence-electron chi connectivity index (χ0n) is 14.2. The summed E-state index contributed by atoms with van der Waals surface area (Å²) in [5, 5.41) is 11.2. The first-order chi connectivity index (χ1) is 13.2. The lowest BCUT2D eigenvalue weighted by molar-refractivity contribution is -0.132. The second kappa shape index (κ2) is 7.89. The molecule has 3 heterocycles. The molecule has 1 aliphatic rings. The van der Waals surface area contributed by atoms with Gasteiger partial charge in [0, 0.05) is 6.42 Å². The summed E-state index contributed by atoms with van der Waals surface area (Å²) in [6.07, 6.45) is 2.84. The van der Waals surface area contributed by atoms with Crippen LogP contribution in [0.1, 0.15) is 22.9 Å². The largest absolute Gasteiger partial charge is 0.382 e. The molecule has 2 unspecified atom stereocenters. The predicted octanol–water partition coefficient (Wildman–Crippen LogP) is 3.04. The SMILES string of the molecule is O=C(NC(Cn1cncn1)c1ccccc1)C1CC(c2ccc(Cl)s2)=NO1. The van der Waals surface area contributed by atoms with E-state index in [4.69, 9.17) is 16.4 Å². The van der Waals surface area contributed by atoms with Crippen LogP contribution in [0.4, 0.5) is 0 Å². The molecule has 2 aromatic heterocycles. The van der Waals surface area contributed by atoms with Gasteiger partial charge in [-0.25, -0.2) is 4.98 Å². The van der Waals surface area contributed by atoms with Gasteiger partial charge < -0.3 is 10.2 Å². The maximum atomic E-state index is 12.8. The number of amides is 1. The molecular weight excluding hydrogens is 386 g/mol. The lowest BCUT2D eigenvalue weighted by Gasteiger charge is -2.20. The Hall–Kier alpha value is -2.71. The Morgan fingerprint density at radius 1 is 1.33 bits per heavy atom. The highest BCUT2D eigenvalue weighted by atomic mass is 35.5. The number of carbonyl (C=O) groups is 1. The molecule has 0 radical (unpaired) electrons. The normalized spacial score (nSPS) is 17.2. The molecule has 7 nitrogen and oxygen atoms in total. The van der Waals surface area contributed by atoms with Gasteiger partial charge in [0.15, 0.2) is 0 Å². The van der Waals surface area contributed by atoms with E-state index >= 15 is 0 Å². The van der Waals surface area contributed by atoms with Crippen molar-refractivity contribution >= 4 is 34.6 Å². The van der Waals surface area contributed by atoms with Gasteiger partial charge in [0.1, 0.15) is 18.4 Å². The van der Waals surface area contributed by atoms with Crippen LogP contribution in [0.25, 0.3) is 0 Å². The van der Waals surface area contributed by atoms with Gasteiger partial charge >= 0.3 is 0 Å². The van der Waals surface area contributed by atoms with Crippen LogP contribution in [-0.4, -0.2) is 32.5 Å². The highest BCUT2D eigenvalue weighted by Crippen LogP contribution is 2.26. The van der Waals surface area contributed by atoms with Gasteiger partial charge in [0.05, 0.1) is 21.8 Å². The van der Waals surface area contributed by atoms with Crippen molar-refractivity contribution in [3.8, 4) is 0 Å². The van der Waals surface area contributed by atoms with Crippen LogP contribution in [0.15, 0.2) is 60.3 Å². The molecule has 2 atom stereocenters. The third kappa shape index (κ3) is 4.17. The number of hydrogen-bond donors (Lipinski definition) is 1. The first-order valence-electron chi connectivity index (χ1n) is 8.35. The first kappa shape index (κ1) is 17.7. The minimum Gasteiger partial charge on any atom is -0.382 e. The number of halogens is 1. The molecule has 0 saturated carbocycles. The summed E-state index contributed by atoms with van der Waals surface area (Å²) in [5.41, 5.74) is 1.71. The summed E-state index contributed by atoms with van der Waals surface area (Å²) >= 11 is 7.39. The van der Waals surface area contributed by atoms with Gasteiger partial charge in [0.25, 0.3) is 5.91 Å². The van der Waals surface area contributed by atoms with Crippen molar-refractivity contribution in [2.24, 2.45) is 5.16 Å². The van der Waals surface area contributed by atoms with Gasteiger partial charge in [-0.15, -0.1) is 11.3 Å². The highest BCUT2D eigenvalue weighted by molar-refractivity contribution is 7.18. The minimum atomic E-state index is -0.664. The van der Waals surface area contributed by atoms with E-state index < -0.39 is 6.10 Å². The average Bonchev–Trinajstić information content (AvgIpc) is 3.43. The van der Waals surface area contributed by atoms with Crippen molar-refractivity contribution < 1.29 is 9.63 Å². The van der Waals surface area contributed by atoms with Gasteiger partial charge in [0.2, 0.25) is 6.10 Å². The average molecular weight is 402 g/mol. The smallest absolute Gasteiger partial charge is 0.264 e. The maximum Gasteiger partial charge on any atom is 0.264 e. The number of benzene rings is 1. The van der Waals surface area contributed by atoms with Crippen LogP contribution in [0.3, 0.4) is 0 Å². The number of thiophene rings is 1. The number of carbonyl (C=O) groups excluding carboxylic acids is 1. The zero-order chi connectivity index (χ0) is 18.6. The lowest BCUT2D eigenvalue weighted by Crippen LogP contribution is -2.39. The third-order valence-corrected chi connectivity index (χ3v) is 5.45. The van der Waals surface area contributed by atoms with Crippen molar-refractivity contribution in [2.75, 3.05) is 0 Å². The molecule has 1 aromatic carbocycles. The molecule has 0 fully saturated rings. The minimum absolute atomic E-state index is 0.217. The number of rotatable bonds is 6. The number of oxime groups is 1. The fraction of sp³-hybridized carbons (Fsp3) is 0.222. The van der Waals surface area contributed by atoms with E-state index in [9.17, 15) is 4.79 Å². The highest BCUT2D eigenvalue weighted by Gasteiger charge is 2.31. The summed E-state index contributed by atoms with van der Waals surface area (Å²) in [6, 6.07) is 13.2. The molecule has 138 valence electrons. The van der Waals surface area contributed by atoms with Crippen LogP contribution < -0.4 is 5.32 Å². The molecule has 0 aliphatic carbocycles. The molecule has 9 heteroatoms. The summed E-state index contributed by atoms with van der Waals surface area (Å²) in [5.74, 6) is -0.217. The molecule has 1 N–H and O–H groups in total. The first-order valence-corrected chi connectivity index (χ1v) is 9.54. The summed E-state index contributed by atoms with van der Waals surface area (Å²) in [7, 11) is 0. The molecule has 4 rings (SSSR count). The van der Waals surface area contributed by atoms with Crippen LogP contribution in [0.5, 0.6) is 0 Å². The summed E-state index contributed by atoms with van der Waals surface area (Å²) in [6.45, 7) is 0.469. The van der Waals surface area contributed by atoms with Crippen LogP contribution in [0.2, 0.25) is 4.34 Å². The van der Waals surface area contributed by atoms with Gasteiger partial charge in [-0.05, 0) is 17.7 Å². The second-order valence-electron chi connectivity index (χ2n) is 6.03. The molecular formula is C18H16ClN5O2S. The zero-order valence-corrected chi connectivity index (χ0v) is 15.7. The van der Waals surface area contributed by atoms with E-state index in [1.54, 1.807) is 17.1 Å². The van der Waals surface area contributed by atoms with Crippen LogP contribution in [-0.2, 0) is 16.2 Å². The fourth-order valence-corrected chi connectivity index (χ4v) is 3.86. The van der Waals surface area contributed by atoms with E-state index in [1.165, 1.54) is 17.7 Å². The number of hydrogen-bond acceptors (Lipinski definition) is 6. The van der Waals surface area contributed by atoms with Gasteiger partial charge in [-0.1, -0.05) is 47.1 Å². The second-order valence-corrected chi connectivity index (χ2v) is 7.74. The lowest BCUT2D eigenvalue weighted by atomic mass is 10.1. The van der Waals surface area contributed by atoms with Crippen molar-refractivity contribution in [2.45, 2.75) is 25.1 Å². The summed E-state index contributed by atoms with van der Waals surface area (Å²) in [4.78, 5) is 23.0. The molecule has 3 aromatic rings. The Balaban J connectivity index is 1.44. The van der Waals surface area contributed by atoms with Crippen molar-refractivity contribution in [3.05, 3.63) is 69.9 Å². The molecule has 0 spiro atoms. The van der Waals surface area contributed by atoms with E-state index in [0.29, 0.717) is 17.3 Å². The van der Waals surface area contributed by atoms with Crippen LogP contribution in [0, 0.1) is 0 Å².